The molecule has 0 spiro atoms. The van der Waals surface area contributed by atoms with Gasteiger partial charge in [-0.2, -0.15) is 13.2 Å². The Kier molecular flexibility index (Phi) is 5.16. The standard InChI is InChI=1S/C11H17F3N2O3/c1-8(10(18)19)15-4-6-16(7-5-15)9(17)2-3-11(12,13)14/h8H,2-7H2,1H3,(H,18,19). The van der Waals surface area contributed by atoms with Crippen molar-refractivity contribution in [1.82, 2.24) is 9.80 Å². The predicted octanol–water partition coefficient (Wildman–Crippen LogP) is 0.946. The van der Waals surface area contributed by atoms with Gasteiger partial charge in [0.2, 0.25) is 5.91 Å². The van der Waals surface area contributed by atoms with Gasteiger partial charge in [-0.1, -0.05) is 0 Å². The first-order valence-electron chi connectivity index (χ1n) is 6.02. The smallest absolute Gasteiger partial charge is 0.389 e. The summed E-state index contributed by atoms with van der Waals surface area (Å²) in [4.78, 5) is 25.4. The Balaban J connectivity index is 2.37. The molecule has 1 aliphatic rings. The molecule has 1 fully saturated rings. The number of carboxylic acid groups (broad SMARTS) is 1. The van der Waals surface area contributed by atoms with Crippen LogP contribution in [0.25, 0.3) is 0 Å². The van der Waals surface area contributed by atoms with Gasteiger partial charge in [-0.15, -0.1) is 0 Å². The fourth-order valence-electron chi connectivity index (χ4n) is 1.92. The van der Waals surface area contributed by atoms with Gasteiger partial charge in [0.25, 0.3) is 0 Å². The number of hydrogen-bond donors (Lipinski definition) is 1. The molecule has 0 saturated carbocycles. The number of alkyl halides is 3. The molecule has 110 valence electrons. The monoisotopic (exact) mass is 282 g/mol. The van der Waals surface area contributed by atoms with E-state index in [1.807, 2.05) is 0 Å². The van der Waals surface area contributed by atoms with Crippen LogP contribution in [0.15, 0.2) is 0 Å². The van der Waals surface area contributed by atoms with Gasteiger partial charge in [-0.05, 0) is 6.92 Å². The minimum Gasteiger partial charge on any atom is -0.480 e. The van der Waals surface area contributed by atoms with Gasteiger partial charge < -0.3 is 10.0 Å². The third-order valence-corrected chi connectivity index (χ3v) is 3.19. The largest absolute Gasteiger partial charge is 0.480 e. The number of carbonyl (C=O) groups is 2. The molecule has 0 bridgehead atoms. The zero-order valence-corrected chi connectivity index (χ0v) is 10.6. The van der Waals surface area contributed by atoms with Crippen molar-refractivity contribution in [2.24, 2.45) is 0 Å². The topological polar surface area (TPSA) is 60.9 Å². The lowest BCUT2D eigenvalue weighted by Gasteiger charge is -2.36. The van der Waals surface area contributed by atoms with Crippen molar-refractivity contribution in [3.05, 3.63) is 0 Å². The first-order chi connectivity index (χ1) is 8.70. The summed E-state index contributed by atoms with van der Waals surface area (Å²) >= 11 is 0. The molecule has 1 atom stereocenters. The Morgan fingerprint density at radius 2 is 1.74 bits per heavy atom. The van der Waals surface area contributed by atoms with Gasteiger partial charge in [-0.25, -0.2) is 0 Å². The van der Waals surface area contributed by atoms with Crippen LogP contribution < -0.4 is 0 Å². The first kappa shape index (κ1) is 15.7. The van der Waals surface area contributed by atoms with E-state index in [2.05, 4.69) is 0 Å². The van der Waals surface area contributed by atoms with E-state index >= 15 is 0 Å². The SMILES string of the molecule is CC(C(=O)O)N1CCN(C(=O)CCC(F)(F)F)CC1. The molecule has 1 saturated heterocycles. The van der Waals surface area contributed by atoms with Crippen LogP contribution in [0, 0.1) is 0 Å². The van der Waals surface area contributed by atoms with Crippen LogP contribution in [0.5, 0.6) is 0 Å². The highest BCUT2D eigenvalue weighted by Crippen LogP contribution is 2.22. The van der Waals surface area contributed by atoms with Crippen molar-refractivity contribution in [1.29, 1.82) is 0 Å². The number of carboxylic acids is 1. The van der Waals surface area contributed by atoms with E-state index in [0.29, 0.717) is 13.1 Å². The maximum absolute atomic E-state index is 12.0. The number of amides is 1. The van der Waals surface area contributed by atoms with Gasteiger partial charge in [0.15, 0.2) is 0 Å². The summed E-state index contributed by atoms with van der Waals surface area (Å²) in [5, 5.41) is 8.84. The molecular weight excluding hydrogens is 265 g/mol. The zero-order valence-electron chi connectivity index (χ0n) is 10.6. The molecule has 1 rings (SSSR count). The van der Waals surface area contributed by atoms with E-state index in [1.165, 1.54) is 4.90 Å². The van der Waals surface area contributed by atoms with Gasteiger partial charge in [0.05, 0.1) is 6.42 Å². The number of piperazine rings is 1. The van der Waals surface area contributed by atoms with Crippen molar-refractivity contribution >= 4 is 11.9 Å². The van der Waals surface area contributed by atoms with Crippen LogP contribution in [-0.4, -0.2) is 65.2 Å². The molecular formula is C11H17F3N2O3. The van der Waals surface area contributed by atoms with Crippen molar-refractivity contribution in [2.75, 3.05) is 26.2 Å². The molecule has 1 heterocycles. The molecule has 19 heavy (non-hydrogen) atoms. The molecule has 0 radical (unpaired) electrons. The number of nitrogens with zero attached hydrogens (tertiary/aromatic N) is 2. The molecule has 0 aliphatic carbocycles. The van der Waals surface area contributed by atoms with Crippen LogP contribution >= 0.6 is 0 Å². The van der Waals surface area contributed by atoms with Crippen LogP contribution in [-0.2, 0) is 9.59 Å². The average Bonchev–Trinajstić information content (AvgIpc) is 2.34. The van der Waals surface area contributed by atoms with Crippen molar-refractivity contribution in [3.63, 3.8) is 0 Å². The Morgan fingerprint density at radius 3 is 2.16 bits per heavy atom. The van der Waals surface area contributed by atoms with Gasteiger partial charge in [-0.3, -0.25) is 14.5 Å². The highest BCUT2D eigenvalue weighted by Gasteiger charge is 2.31. The van der Waals surface area contributed by atoms with Crippen molar-refractivity contribution in [3.8, 4) is 0 Å². The number of carbonyl (C=O) groups excluding carboxylic acids is 1. The minimum absolute atomic E-state index is 0.272. The molecule has 1 aliphatic heterocycles. The van der Waals surface area contributed by atoms with Gasteiger partial charge in [0.1, 0.15) is 6.04 Å². The highest BCUT2D eigenvalue weighted by atomic mass is 19.4. The van der Waals surface area contributed by atoms with E-state index in [0.717, 1.165) is 0 Å². The van der Waals surface area contributed by atoms with Crippen LogP contribution in [0.3, 0.4) is 0 Å². The van der Waals surface area contributed by atoms with E-state index in [1.54, 1.807) is 11.8 Å². The lowest BCUT2D eigenvalue weighted by Crippen LogP contribution is -2.53. The summed E-state index contributed by atoms with van der Waals surface area (Å²) in [7, 11) is 0. The molecule has 0 aromatic heterocycles. The molecule has 8 heteroatoms. The summed E-state index contributed by atoms with van der Waals surface area (Å²) in [5.74, 6) is -1.48. The van der Waals surface area contributed by atoms with Gasteiger partial charge >= 0.3 is 12.1 Å². The maximum atomic E-state index is 12.0. The highest BCUT2D eigenvalue weighted by molar-refractivity contribution is 5.76. The predicted molar refractivity (Wildman–Crippen MR) is 60.5 cm³/mol. The molecule has 1 amide bonds. The Labute approximate surface area is 109 Å². The number of halogens is 3. The fraction of sp³-hybridized carbons (Fsp3) is 0.818. The van der Waals surface area contributed by atoms with E-state index in [-0.39, 0.29) is 13.1 Å². The van der Waals surface area contributed by atoms with Crippen LogP contribution in [0.4, 0.5) is 13.2 Å². The van der Waals surface area contributed by atoms with Crippen molar-refractivity contribution in [2.45, 2.75) is 32.0 Å². The molecule has 5 nitrogen and oxygen atoms in total. The second kappa shape index (κ2) is 6.23. The molecule has 1 unspecified atom stereocenters. The second-order valence-corrected chi connectivity index (χ2v) is 4.55. The molecule has 0 aromatic carbocycles. The molecule has 0 aromatic rings. The average molecular weight is 282 g/mol. The van der Waals surface area contributed by atoms with Crippen LogP contribution in [0.2, 0.25) is 0 Å². The van der Waals surface area contributed by atoms with Crippen molar-refractivity contribution < 1.29 is 27.9 Å². The molecule has 1 N–H and O–H groups in total. The Morgan fingerprint density at radius 1 is 1.21 bits per heavy atom. The summed E-state index contributed by atoms with van der Waals surface area (Å²) in [5.41, 5.74) is 0. The second-order valence-electron chi connectivity index (χ2n) is 4.55. The van der Waals surface area contributed by atoms with E-state index in [4.69, 9.17) is 5.11 Å². The van der Waals surface area contributed by atoms with Gasteiger partial charge in [0, 0.05) is 32.6 Å². The third-order valence-electron chi connectivity index (χ3n) is 3.19. The van der Waals surface area contributed by atoms with E-state index < -0.39 is 36.9 Å². The Bertz CT molecular complexity index is 339. The Hall–Kier alpha value is -1.31. The lowest BCUT2D eigenvalue weighted by atomic mass is 10.2. The maximum Gasteiger partial charge on any atom is 0.389 e. The number of rotatable bonds is 4. The lowest BCUT2D eigenvalue weighted by molar-refractivity contribution is -0.151. The summed E-state index contributed by atoms with van der Waals surface area (Å²) in [6, 6.07) is -0.646. The quantitative estimate of drug-likeness (QED) is 0.834. The summed E-state index contributed by atoms with van der Waals surface area (Å²) < 4.78 is 36.0. The minimum atomic E-state index is -4.32. The van der Waals surface area contributed by atoms with E-state index in [9.17, 15) is 22.8 Å². The summed E-state index contributed by atoms with van der Waals surface area (Å²) in [6.07, 6.45) is -5.98. The third kappa shape index (κ3) is 5.06. The van der Waals surface area contributed by atoms with Crippen LogP contribution in [0.1, 0.15) is 19.8 Å². The zero-order chi connectivity index (χ0) is 14.6. The fourth-order valence-corrected chi connectivity index (χ4v) is 1.92. The number of aliphatic carboxylic acids is 1. The normalized spacial score (nSPS) is 19.3. The summed E-state index contributed by atoms with van der Waals surface area (Å²) in [6.45, 7) is 2.82. The first-order valence-corrected chi connectivity index (χ1v) is 6.02. The number of hydrogen-bond acceptors (Lipinski definition) is 3.